The minimum atomic E-state index is -2.38. The van der Waals surface area contributed by atoms with Crippen LogP contribution >= 0.6 is 23.9 Å². The second-order valence-corrected chi connectivity index (χ2v) is 7.40. The van der Waals surface area contributed by atoms with Gasteiger partial charge >= 0.3 is 8.80 Å². The molecule has 0 fully saturated rings. The van der Waals surface area contributed by atoms with Crippen molar-refractivity contribution in [1.29, 1.82) is 0 Å². The van der Waals surface area contributed by atoms with E-state index in [-0.39, 0.29) is 0 Å². The van der Waals surface area contributed by atoms with Crippen molar-refractivity contribution in [2.45, 2.75) is 6.04 Å². The highest BCUT2D eigenvalue weighted by Crippen LogP contribution is 2.21. The third kappa shape index (κ3) is 4.52. The van der Waals surface area contributed by atoms with Gasteiger partial charge in [-0.3, -0.25) is 0 Å². The van der Waals surface area contributed by atoms with Crippen molar-refractivity contribution in [3.05, 3.63) is 0 Å². The van der Waals surface area contributed by atoms with Gasteiger partial charge in [0.15, 0.2) is 0 Å². The highest BCUT2D eigenvalue weighted by Gasteiger charge is 2.37. The average molecular weight is 257 g/mol. The summed E-state index contributed by atoms with van der Waals surface area (Å²) in [5.41, 5.74) is 0. The largest absolute Gasteiger partial charge is 0.501 e. The molecule has 0 amide bonds. The Morgan fingerprint density at radius 1 is 1.00 bits per heavy atom. The van der Waals surface area contributed by atoms with Gasteiger partial charge in [0.2, 0.25) is 0 Å². The Morgan fingerprint density at radius 2 is 1.43 bits per heavy atom. The summed E-state index contributed by atoms with van der Waals surface area (Å²) in [6.07, 6.45) is 4.10. The third-order valence-corrected chi connectivity index (χ3v) is 6.72. The fraction of sp³-hybridized carbons (Fsp3) is 1.00. The molecule has 4 nitrogen and oxygen atoms in total. The lowest BCUT2D eigenvalue weighted by atomic mass is 10.8. The van der Waals surface area contributed by atoms with Gasteiger partial charge < -0.3 is 13.3 Å². The van der Waals surface area contributed by atoms with Crippen molar-refractivity contribution in [2.24, 2.45) is 0 Å². The van der Waals surface area contributed by atoms with E-state index in [1.807, 2.05) is 12.5 Å². The second kappa shape index (κ2) is 7.97. The molecule has 0 heterocycles. The van der Waals surface area contributed by atoms with Crippen molar-refractivity contribution in [2.75, 3.05) is 40.4 Å². The summed E-state index contributed by atoms with van der Waals surface area (Å²) in [4.78, 5) is 0. The van der Waals surface area contributed by atoms with Crippen LogP contribution in [0.15, 0.2) is 0 Å². The zero-order valence-electron chi connectivity index (χ0n) is 9.40. The van der Waals surface area contributed by atoms with E-state index in [9.17, 15) is 0 Å². The molecule has 0 unspecified atom stereocenters. The summed E-state index contributed by atoms with van der Waals surface area (Å²) in [5, 5.41) is 0. The predicted molar refractivity (Wildman–Crippen MR) is 65.3 cm³/mol. The van der Waals surface area contributed by atoms with E-state index in [1.165, 1.54) is 0 Å². The number of nitrogens with zero attached hydrogens (tertiary/aromatic N) is 1. The van der Waals surface area contributed by atoms with Gasteiger partial charge in [-0.25, -0.2) is 0 Å². The first-order valence-electron chi connectivity index (χ1n) is 4.19. The fourth-order valence-electron chi connectivity index (χ4n) is 1.04. The standard InChI is InChI=1S/C7H19NO3S2Si/c1-9-14(10-2,11-3)7-6-8(12-4)13-5/h6-7H2,1-5H3. The molecular formula is C7H19NO3S2Si. The minimum Gasteiger partial charge on any atom is -0.377 e. The molecule has 86 valence electrons. The van der Waals surface area contributed by atoms with Crippen LogP contribution in [0.4, 0.5) is 0 Å². The van der Waals surface area contributed by atoms with Crippen molar-refractivity contribution >= 4 is 32.7 Å². The Morgan fingerprint density at radius 3 is 1.71 bits per heavy atom. The summed E-state index contributed by atoms with van der Waals surface area (Å²) in [7, 11) is 2.54. The second-order valence-electron chi connectivity index (χ2n) is 2.47. The molecule has 0 aromatic rings. The van der Waals surface area contributed by atoms with E-state index < -0.39 is 8.80 Å². The van der Waals surface area contributed by atoms with Crippen molar-refractivity contribution in [3.8, 4) is 0 Å². The molecule has 7 heteroatoms. The van der Waals surface area contributed by atoms with Crippen LogP contribution in [0.1, 0.15) is 0 Å². The van der Waals surface area contributed by atoms with E-state index in [1.54, 1.807) is 45.2 Å². The molecule has 0 radical (unpaired) electrons. The summed E-state index contributed by atoms with van der Waals surface area (Å²) in [5.74, 6) is 0. The molecule has 14 heavy (non-hydrogen) atoms. The van der Waals surface area contributed by atoms with Gasteiger partial charge in [-0.1, -0.05) is 23.9 Å². The third-order valence-electron chi connectivity index (χ3n) is 1.94. The maximum atomic E-state index is 5.32. The smallest absolute Gasteiger partial charge is 0.377 e. The monoisotopic (exact) mass is 257 g/mol. The van der Waals surface area contributed by atoms with Gasteiger partial charge in [-0.05, 0) is 12.5 Å². The zero-order valence-corrected chi connectivity index (χ0v) is 12.0. The Bertz CT molecular complexity index is 137. The van der Waals surface area contributed by atoms with Crippen LogP contribution < -0.4 is 0 Å². The van der Waals surface area contributed by atoms with Gasteiger partial charge in [0, 0.05) is 33.9 Å². The fourth-order valence-corrected chi connectivity index (χ4v) is 4.12. The molecule has 0 atom stereocenters. The molecule has 0 saturated heterocycles. The molecule has 0 aliphatic rings. The SMILES string of the molecule is CO[Si](CCN(SC)SC)(OC)OC. The summed E-state index contributed by atoms with van der Waals surface area (Å²) in [6.45, 7) is 0.893. The van der Waals surface area contributed by atoms with Crippen molar-refractivity contribution in [1.82, 2.24) is 3.71 Å². The minimum absolute atomic E-state index is 0.804. The van der Waals surface area contributed by atoms with Crippen LogP contribution in [0.2, 0.25) is 6.04 Å². The molecule has 0 aromatic heterocycles. The van der Waals surface area contributed by atoms with Crippen LogP contribution in [0.5, 0.6) is 0 Å². The Labute approximate surface area is 96.3 Å². The van der Waals surface area contributed by atoms with E-state index >= 15 is 0 Å². The Hall–Kier alpha value is 0.757. The number of hydrogen-bond donors (Lipinski definition) is 0. The molecule has 0 bridgehead atoms. The maximum Gasteiger partial charge on any atom is 0.501 e. The van der Waals surface area contributed by atoms with E-state index in [0.29, 0.717) is 0 Å². The number of hydrogen-bond acceptors (Lipinski definition) is 6. The van der Waals surface area contributed by atoms with Gasteiger partial charge in [-0.2, -0.15) is 3.71 Å². The Kier molecular flexibility index (Phi) is 8.40. The molecule has 0 rings (SSSR count). The van der Waals surface area contributed by atoms with Crippen molar-refractivity contribution < 1.29 is 13.3 Å². The lowest BCUT2D eigenvalue weighted by Crippen LogP contribution is -2.44. The van der Waals surface area contributed by atoms with E-state index in [4.69, 9.17) is 13.3 Å². The van der Waals surface area contributed by atoms with Gasteiger partial charge in [0.1, 0.15) is 0 Å². The summed E-state index contributed by atoms with van der Waals surface area (Å²) < 4.78 is 18.1. The van der Waals surface area contributed by atoms with E-state index in [0.717, 1.165) is 12.6 Å². The normalized spacial score (nSPS) is 12.4. The molecule has 0 spiro atoms. The van der Waals surface area contributed by atoms with Gasteiger partial charge in [0.05, 0.1) is 0 Å². The molecular weight excluding hydrogens is 238 g/mol. The van der Waals surface area contributed by atoms with E-state index in [2.05, 4.69) is 3.71 Å². The van der Waals surface area contributed by atoms with Gasteiger partial charge in [0.25, 0.3) is 0 Å². The van der Waals surface area contributed by atoms with Crippen molar-refractivity contribution in [3.63, 3.8) is 0 Å². The topological polar surface area (TPSA) is 30.9 Å². The van der Waals surface area contributed by atoms with Crippen LogP contribution in [-0.4, -0.2) is 52.9 Å². The maximum absolute atomic E-state index is 5.32. The summed E-state index contributed by atoms with van der Waals surface area (Å²) in [6, 6.07) is 0.804. The highest BCUT2D eigenvalue weighted by molar-refractivity contribution is 8.11. The molecule has 0 N–H and O–H groups in total. The van der Waals surface area contributed by atoms with Gasteiger partial charge in [-0.15, -0.1) is 0 Å². The highest BCUT2D eigenvalue weighted by atomic mass is 32.2. The molecule has 0 aromatic carbocycles. The first-order valence-corrected chi connectivity index (χ1v) is 8.48. The van der Waals surface area contributed by atoms with Crippen LogP contribution in [0, 0.1) is 0 Å². The lowest BCUT2D eigenvalue weighted by molar-refractivity contribution is 0.123. The lowest BCUT2D eigenvalue weighted by Gasteiger charge is -2.26. The average Bonchev–Trinajstić information content (AvgIpc) is 2.26. The quantitative estimate of drug-likeness (QED) is 0.486. The summed E-state index contributed by atoms with van der Waals surface area (Å²) >= 11 is 3.39. The van der Waals surface area contributed by atoms with Crippen LogP contribution in [0.25, 0.3) is 0 Å². The Balaban J connectivity index is 4.04. The molecule has 0 aliphatic heterocycles. The first-order chi connectivity index (χ1) is 6.67. The molecule has 0 saturated carbocycles. The van der Waals surface area contributed by atoms with Crippen LogP contribution in [0.3, 0.4) is 0 Å². The molecule has 0 aliphatic carbocycles. The number of rotatable bonds is 8. The predicted octanol–water partition coefficient (Wildman–Crippen LogP) is 1.72. The first kappa shape index (κ1) is 14.8. The zero-order chi connectivity index (χ0) is 11.0. The van der Waals surface area contributed by atoms with Crippen LogP contribution in [-0.2, 0) is 13.3 Å².